The van der Waals surface area contributed by atoms with Gasteiger partial charge in [-0.3, -0.25) is 4.79 Å². The van der Waals surface area contributed by atoms with E-state index in [9.17, 15) is 4.79 Å². The first-order valence-electron chi connectivity index (χ1n) is 8.79. The molecule has 23 heavy (non-hydrogen) atoms. The minimum absolute atomic E-state index is 0.199. The lowest BCUT2D eigenvalue weighted by Crippen LogP contribution is -2.48. The lowest BCUT2D eigenvalue weighted by Gasteiger charge is -2.29. The van der Waals surface area contributed by atoms with Crippen LogP contribution >= 0.6 is 0 Å². The van der Waals surface area contributed by atoms with Crippen molar-refractivity contribution >= 4 is 16.7 Å². The Morgan fingerprint density at radius 2 is 1.78 bits per heavy atom. The van der Waals surface area contributed by atoms with Crippen LogP contribution in [0.3, 0.4) is 0 Å². The Morgan fingerprint density at radius 3 is 2.57 bits per heavy atom. The van der Waals surface area contributed by atoms with Gasteiger partial charge < -0.3 is 10.6 Å². The standard InChI is InChI=1S/C20H24N2O/c23-20(22-19-12-17-8-9-18(13-19)21-17)10-6-14-5-7-15-3-1-2-4-16(15)11-14/h1-5,7,11,17-19,21H,6,8-10,12-13H2,(H,22,23). The van der Waals surface area contributed by atoms with Crippen LogP contribution in [0.2, 0.25) is 0 Å². The first-order valence-corrected chi connectivity index (χ1v) is 8.79. The second-order valence-corrected chi connectivity index (χ2v) is 7.06. The molecular weight excluding hydrogens is 284 g/mol. The maximum absolute atomic E-state index is 12.3. The molecule has 2 heterocycles. The molecule has 2 aromatic carbocycles. The zero-order valence-electron chi connectivity index (χ0n) is 13.4. The number of benzene rings is 2. The van der Waals surface area contributed by atoms with E-state index in [2.05, 4.69) is 53.1 Å². The molecule has 1 amide bonds. The molecule has 4 rings (SSSR count). The molecule has 3 nitrogen and oxygen atoms in total. The van der Waals surface area contributed by atoms with E-state index in [1.165, 1.54) is 29.2 Å². The average molecular weight is 308 g/mol. The predicted molar refractivity (Wildman–Crippen MR) is 93.4 cm³/mol. The zero-order valence-corrected chi connectivity index (χ0v) is 13.4. The molecule has 2 bridgehead atoms. The average Bonchev–Trinajstić information content (AvgIpc) is 2.91. The molecule has 2 fully saturated rings. The first-order chi connectivity index (χ1) is 11.3. The smallest absolute Gasteiger partial charge is 0.220 e. The topological polar surface area (TPSA) is 41.1 Å². The Kier molecular flexibility index (Phi) is 4.04. The van der Waals surface area contributed by atoms with Gasteiger partial charge >= 0.3 is 0 Å². The minimum atomic E-state index is 0.199. The van der Waals surface area contributed by atoms with Crippen molar-refractivity contribution in [2.45, 2.75) is 56.7 Å². The van der Waals surface area contributed by atoms with Crippen LogP contribution in [0.15, 0.2) is 42.5 Å². The van der Waals surface area contributed by atoms with Crippen LogP contribution in [0.25, 0.3) is 10.8 Å². The second-order valence-electron chi connectivity index (χ2n) is 7.06. The summed E-state index contributed by atoms with van der Waals surface area (Å²) >= 11 is 0. The van der Waals surface area contributed by atoms with Gasteiger partial charge in [-0.15, -0.1) is 0 Å². The maximum Gasteiger partial charge on any atom is 0.220 e. The Morgan fingerprint density at radius 1 is 1.04 bits per heavy atom. The van der Waals surface area contributed by atoms with E-state index < -0.39 is 0 Å². The van der Waals surface area contributed by atoms with Crippen molar-refractivity contribution in [2.75, 3.05) is 0 Å². The highest BCUT2D eigenvalue weighted by atomic mass is 16.1. The SMILES string of the molecule is O=C(CCc1ccc2ccccc2c1)NC1CC2CCC(C1)N2. The van der Waals surface area contributed by atoms with Gasteiger partial charge in [0.1, 0.15) is 0 Å². The van der Waals surface area contributed by atoms with Crippen molar-refractivity contribution in [1.29, 1.82) is 0 Å². The van der Waals surface area contributed by atoms with Crippen LogP contribution in [-0.4, -0.2) is 24.0 Å². The van der Waals surface area contributed by atoms with Gasteiger partial charge in [-0.25, -0.2) is 0 Å². The van der Waals surface area contributed by atoms with Gasteiger partial charge in [-0.2, -0.15) is 0 Å². The van der Waals surface area contributed by atoms with Crippen LogP contribution in [0.1, 0.15) is 37.7 Å². The van der Waals surface area contributed by atoms with Crippen molar-refractivity contribution in [3.8, 4) is 0 Å². The van der Waals surface area contributed by atoms with Crippen molar-refractivity contribution in [2.24, 2.45) is 0 Å². The lowest BCUT2D eigenvalue weighted by molar-refractivity contribution is -0.122. The van der Waals surface area contributed by atoms with Gasteiger partial charge in [0.25, 0.3) is 0 Å². The predicted octanol–water partition coefficient (Wildman–Crippen LogP) is 3.17. The minimum Gasteiger partial charge on any atom is -0.353 e. The van der Waals surface area contributed by atoms with Gasteiger partial charge in [0, 0.05) is 24.5 Å². The van der Waals surface area contributed by atoms with Crippen molar-refractivity contribution in [1.82, 2.24) is 10.6 Å². The Hall–Kier alpha value is -1.87. The summed E-state index contributed by atoms with van der Waals surface area (Å²) in [6.45, 7) is 0. The zero-order chi connectivity index (χ0) is 15.6. The molecular formula is C20H24N2O. The summed E-state index contributed by atoms with van der Waals surface area (Å²) in [4.78, 5) is 12.3. The van der Waals surface area contributed by atoms with E-state index in [-0.39, 0.29) is 5.91 Å². The molecule has 2 aliphatic rings. The summed E-state index contributed by atoms with van der Waals surface area (Å²) in [6.07, 6.45) is 6.13. The number of carbonyl (C=O) groups is 1. The second kappa shape index (κ2) is 6.32. The van der Waals surface area contributed by atoms with Crippen LogP contribution in [0.4, 0.5) is 0 Å². The molecule has 2 unspecified atom stereocenters. The Bertz CT molecular complexity index is 700. The molecule has 2 saturated heterocycles. The number of rotatable bonds is 4. The molecule has 0 saturated carbocycles. The monoisotopic (exact) mass is 308 g/mol. The molecule has 3 heteroatoms. The van der Waals surface area contributed by atoms with E-state index in [4.69, 9.17) is 0 Å². The van der Waals surface area contributed by atoms with E-state index in [0.717, 1.165) is 19.3 Å². The van der Waals surface area contributed by atoms with E-state index in [1.54, 1.807) is 0 Å². The molecule has 2 atom stereocenters. The van der Waals surface area contributed by atoms with E-state index in [0.29, 0.717) is 24.5 Å². The summed E-state index contributed by atoms with van der Waals surface area (Å²) in [5.41, 5.74) is 1.24. The van der Waals surface area contributed by atoms with Crippen LogP contribution in [0.5, 0.6) is 0 Å². The number of amides is 1. The molecule has 2 aliphatic heterocycles. The Balaban J connectivity index is 1.32. The van der Waals surface area contributed by atoms with Crippen LogP contribution < -0.4 is 10.6 Å². The summed E-state index contributed by atoms with van der Waals surface area (Å²) in [6, 6.07) is 16.5. The fourth-order valence-electron chi connectivity index (χ4n) is 4.13. The van der Waals surface area contributed by atoms with Gasteiger partial charge in [0.15, 0.2) is 0 Å². The van der Waals surface area contributed by atoms with Gasteiger partial charge in [0.05, 0.1) is 0 Å². The van der Waals surface area contributed by atoms with E-state index in [1.807, 2.05) is 0 Å². The highest BCUT2D eigenvalue weighted by Crippen LogP contribution is 2.26. The molecule has 2 aromatic rings. The van der Waals surface area contributed by atoms with Crippen molar-refractivity contribution in [3.05, 3.63) is 48.0 Å². The number of fused-ring (bicyclic) bond motifs is 3. The molecule has 0 spiro atoms. The van der Waals surface area contributed by atoms with Crippen LogP contribution in [0, 0.1) is 0 Å². The third-order valence-corrected chi connectivity index (χ3v) is 5.29. The number of nitrogens with one attached hydrogen (secondary N) is 2. The van der Waals surface area contributed by atoms with E-state index >= 15 is 0 Å². The third-order valence-electron chi connectivity index (χ3n) is 5.29. The summed E-state index contributed by atoms with van der Waals surface area (Å²) in [7, 11) is 0. The number of carbonyl (C=O) groups excluding carboxylic acids is 1. The first kappa shape index (κ1) is 14.7. The summed E-state index contributed by atoms with van der Waals surface area (Å²) in [5, 5.41) is 9.37. The van der Waals surface area contributed by atoms with Crippen molar-refractivity contribution in [3.63, 3.8) is 0 Å². The molecule has 0 aliphatic carbocycles. The molecule has 0 aromatic heterocycles. The molecule has 2 N–H and O–H groups in total. The van der Waals surface area contributed by atoms with Crippen LogP contribution in [-0.2, 0) is 11.2 Å². The fraction of sp³-hybridized carbons (Fsp3) is 0.450. The summed E-state index contributed by atoms with van der Waals surface area (Å²) in [5.74, 6) is 0.199. The number of hydrogen-bond donors (Lipinski definition) is 2. The van der Waals surface area contributed by atoms with Gasteiger partial charge in [0.2, 0.25) is 5.91 Å². The normalized spacial score (nSPS) is 26.3. The lowest BCUT2D eigenvalue weighted by atomic mass is 9.99. The Labute approximate surface area is 137 Å². The summed E-state index contributed by atoms with van der Waals surface area (Å²) < 4.78 is 0. The number of hydrogen-bond acceptors (Lipinski definition) is 2. The maximum atomic E-state index is 12.3. The quantitative estimate of drug-likeness (QED) is 0.911. The number of piperidine rings is 1. The van der Waals surface area contributed by atoms with Crippen molar-refractivity contribution < 1.29 is 4.79 Å². The molecule has 120 valence electrons. The number of aryl methyl sites for hydroxylation is 1. The highest BCUT2D eigenvalue weighted by molar-refractivity contribution is 5.83. The molecule has 0 radical (unpaired) electrons. The van der Waals surface area contributed by atoms with Gasteiger partial charge in [-0.05, 0) is 48.4 Å². The largest absolute Gasteiger partial charge is 0.353 e. The third kappa shape index (κ3) is 3.40. The van der Waals surface area contributed by atoms with Gasteiger partial charge in [-0.1, -0.05) is 42.5 Å². The highest BCUT2D eigenvalue weighted by Gasteiger charge is 2.33. The fourth-order valence-corrected chi connectivity index (χ4v) is 4.13.